The minimum absolute atomic E-state index is 0.699. The van der Waals surface area contributed by atoms with Crippen LogP contribution in [0.1, 0.15) is 18.9 Å². The summed E-state index contributed by atoms with van der Waals surface area (Å²) in [6, 6.07) is 10.4. The third kappa shape index (κ3) is 3.74. The van der Waals surface area contributed by atoms with Gasteiger partial charge in [0.1, 0.15) is 0 Å². The molecule has 0 aliphatic heterocycles. The first-order valence-corrected chi connectivity index (χ1v) is 5.61. The molecule has 1 aromatic carbocycles. The van der Waals surface area contributed by atoms with E-state index < -0.39 is 0 Å². The molecule has 13 heavy (non-hydrogen) atoms. The van der Waals surface area contributed by atoms with Crippen LogP contribution in [0.3, 0.4) is 0 Å². The van der Waals surface area contributed by atoms with Gasteiger partial charge in [-0.3, -0.25) is 0 Å². The molecule has 2 unspecified atom stereocenters. The molecule has 0 bridgehead atoms. The third-order valence-electron chi connectivity index (χ3n) is 2.19. The molecule has 0 amide bonds. The summed E-state index contributed by atoms with van der Waals surface area (Å²) in [7, 11) is 2.80. The molecular formula is C12H17P. The lowest BCUT2D eigenvalue weighted by Crippen LogP contribution is -1.93. The molecule has 1 aromatic rings. The standard InChI is InChI=1S/C12H17P/c1-2-11(10-13)8-9-12-6-4-3-5-7-12/h3-9,11H,2,10,13H2,1H3. The van der Waals surface area contributed by atoms with Crippen LogP contribution in [0.5, 0.6) is 0 Å². The molecule has 0 spiro atoms. The van der Waals surface area contributed by atoms with Crippen molar-refractivity contribution in [1.29, 1.82) is 0 Å². The zero-order chi connectivity index (χ0) is 9.52. The molecule has 2 atom stereocenters. The molecular weight excluding hydrogens is 175 g/mol. The Morgan fingerprint density at radius 1 is 1.31 bits per heavy atom. The van der Waals surface area contributed by atoms with Gasteiger partial charge in [0.05, 0.1) is 0 Å². The maximum absolute atomic E-state index is 2.80. The van der Waals surface area contributed by atoms with E-state index in [-0.39, 0.29) is 0 Å². The number of benzene rings is 1. The molecule has 70 valence electrons. The average molecular weight is 192 g/mol. The number of hydrogen-bond acceptors (Lipinski definition) is 0. The fraction of sp³-hybridized carbons (Fsp3) is 0.333. The Hall–Kier alpha value is -0.610. The van der Waals surface area contributed by atoms with E-state index in [1.807, 2.05) is 6.07 Å². The second kappa shape index (κ2) is 5.94. The molecule has 0 aromatic heterocycles. The summed E-state index contributed by atoms with van der Waals surface area (Å²) in [6.45, 7) is 2.23. The van der Waals surface area contributed by atoms with Gasteiger partial charge in [-0.05, 0) is 24.1 Å². The monoisotopic (exact) mass is 192 g/mol. The van der Waals surface area contributed by atoms with E-state index in [1.165, 1.54) is 12.0 Å². The van der Waals surface area contributed by atoms with Crippen molar-refractivity contribution in [1.82, 2.24) is 0 Å². The van der Waals surface area contributed by atoms with Crippen molar-refractivity contribution >= 4 is 15.3 Å². The first-order valence-electron chi connectivity index (χ1n) is 4.80. The van der Waals surface area contributed by atoms with Crippen molar-refractivity contribution in [3.63, 3.8) is 0 Å². The Kier molecular flexibility index (Phi) is 4.78. The summed E-state index contributed by atoms with van der Waals surface area (Å²) >= 11 is 0. The van der Waals surface area contributed by atoms with E-state index in [2.05, 4.69) is 52.6 Å². The lowest BCUT2D eigenvalue weighted by Gasteiger charge is -2.04. The van der Waals surface area contributed by atoms with Crippen LogP contribution < -0.4 is 0 Å². The molecule has 0 nitrogen and oxygen atoms in total. The molecule has 0 aliphatic carbocycles. The van der Waals surface area contributed by atoms with Crippen LogP contribution >= 0.6 is 9.24 Å². The Labute approximate surface area is 83.3 Å². The Balaban J connectivity index is 2.57. The number of rotatable bonds is 4. The van der Waals surface area contributed by atoms with E-state index >= 15 is 0 Å². The quantitative estimate of drug-likeness (QED) is 0.639. The van der Waals surface area contributed by atoms with Gasteiger partial charge in [0.2, 0.25) is 0 Å². The van der Waals surface area contributed by atoms with Gasteiger partial charge >= 0.3 is 0 Å². The Morgan fingerprint density at radius 2 is 2.00 bits per heavy atom. The Morgan fingerprint density at radius 3 is 2.54 bits per heavy atom. The van der Waals surface area contributed by atoms with Crippen LogP contribution in [0.2, 0.25) is 0 Å². The topological polar surface area (TPSA) is 0 Å². The van der Waals surface area contributed by atoms with Gasteiger partial charge in [0.25, 0.3) is 0 Å². The van der Waals surface area contributed by atoms with Gasteiger partial charge in [-0.1, -0.05) is 49.4 Å². The van der Waals surface area contributed by atoms with Crippen LogP contribution in [-0.4, -0.2) is 6.16 Å². The largest absolute Gasteiger partial charge is 0.137 e. The van der Waals surface area contributed by atoms with Gasteiger partial charge in [-0.25, -0.2) is 0 Å². The van der Waals surface area contributed by atoms with Crippen molar-refractivity contribution in [2.24, 2.45) is 5.92 Å². The van der Waals surface area contributed by atoms with Crippen molar-refractivity contribution in [2.45, 2.75) is 13.3 Å². The highest BCUT2D eigenvalue weighted by Crippen LogP contribution is 2.11. The number of hydrogen-bond donors (Lipinski definition) is 0. The molecule has 1 rings (SSSR count). The van der Waals surface area contributed by atoms with E-state index in [4.69, 9.17) is 0 Å². The highest BCUT2D eigenvalue weighted by molar-refractivity contribution is 7.16. The van der Waals surface area contributed by atoms with Gasteiger partial charge in [0.15, 0.2) is 0 Å². The molecule has 0 N–H and O–H groups in total. The molecule has 0 radical (unpaired) electrons. The van der Waals surface area contributed by atoms with Gasteiger partial charge < -0.3 is 0 Å². The predicted molar refractivity (Wildman–Crippen MR) is 63.8 cm³/mol. The normalized spacial score (nSPS) is 13.4. The zero-order valence-electron chi connectivity index (χ0n) is 8.11. The fourth-order valence-electron chi connectivity index (χ4n) is 1.19. The van der Waals surface area contributed by atoms with E-state index in [9.17, 15) is 0 Å². The molecule has 0 fully saturated rings. The summed E-state index contributed by atoms with van der Waals surface area (Å²) in [5, 5.41) is 0. The molecule has 0 saturated carbocycles. The van der Waals surface area contributed by atoms with E-state index in [0.29, 0.717) is 5.92 Å². The van der Waals surface area contributed by atoms with Crippen molar-refractivity contribution in [2.75, 3.05) is 6.16 Å². The van der Waals surface area contributed by atoms with Gasteiger partial charge in [-0.2, -0.15) is 0 Å². The summed E-state index contributed by atoms with van der Waals surface area (Å²) in [4.78, 5) is 0. The zero-order valence-corrected chi connectivity index (χ0v) is 9.27. The van der Waals surface area contributed by atoms with Crippen LogP contribution in [0.15, 0.2) is 36.4 Å². The summed E-state index contributed by atoms with van der Waals surface area (Å²) in [5.41, 5.74) is 1.29. The Bertz CT molecular complexity index is 247. The van der Waals surface area contributed by atoms with E-state index in [0.717, 1.165) is 6.16 Å². The fourth-order valence-corrected chi connectivity index (χ4v) is 1.68. The summed E-state index contributed by atoms with van der Waals surface area (Å²) < 4.78 is 0. The first kappa shape index (κ1) is 10.5. The minimum atomic E-state index is 0.699. The molecule has 0 saturated heterocycles. The van der Waals surface area contributed by atoms with Crippen molar-refractivity contribution in [3.8, 4) is 0 Å². The maximum atomic E-state index is 2.80. The highest BCUT2D eigenvalue weighted by Gasteiger charge is 1.95. The van der Waals surface area contributed by atoms with Gasteiger partial charge in [0, 0.05) is 0 Å². The highest BCUT2D eigenvalue weighted by atomic mass is 31.0. The second-order valence-electron chi connectivity index (χ2n) is 3.17. The van der Waals surface area contributed by atoms with Crippen LogP contribution in [0.4, 0.5) is 0 Å². The second-order valence-corrected chi connectivity index (χ2v) is 3.65. The van der Waals surface area contributed by atoms with Crippen LogP contribution in [0, 0.1) is 5.92 Å². The minimum Gasteiger partial charge on any atom is -0.137 e. The first-order chi connectivity index (χ1) is 6.36. The molecule has 0 heterocycles. The van der Waals surface area contributed by atoms with Gasteiger partial charge in [-0.15, -0.1) is 9.24 Å². The van der Waals surface area contributed by atoms with Crippen LogP contribution in [-0.2, 0) is 0 Å². The van der Waals surface area contributed by atoms with Crippen molar-refractivity contribution in [3.05, 3.63) is 42.0 Å². The lowest BCUT2D eigenvalue weighted by atomic mass is 10.1. The van der Waals surface area contributed by atoms with E-state index in [1.54, 1.807) is 0 Å². The molecule has 1 heteroatoms. The van der Waals surface area contributed by atoms with Crippen molar-refractivity contribution < 1.29 is 0 Å². The molecule has 0 aliphatic rings. The smallest absolute Gasteiger partial charge is 0.0198 e. The number of allylic oxidation sites excluding steroid dienone is 1. The summed E-state index contributed by atoms with van der Waals surface area (Å²) in [5.74, 6) is 0.699. The summed E-state index contributed by atoms with van der Waals surface area (Å²) in [6.07, 6.45) is 6.87. The maximum Gasteiger partial charge on any atom is -0.0198 e. The predicted octanol–water partition coefficient (Wildman–Crippen LogP) is 3.60. The SMILES string of the molecule is CCC(C=Cc1ccccc1)CP. The third-order valence-corrected chi connectivity index (χ3v) is 2.79. The van der Waals surface area contributed by atoms with Crippen LogP contribution in [0.25, 0.3) is 6.08 Å². The average Bonchev–Trinajstić information content (AvgIpc) is 2.21. The lowest BCUT2D eigenvalue weighted by molar-refractivity contribution is 0.713.